The van der Waals surface area contributed by atoms with Crippen molar-refractivity contribution in [1.82, 2.24) is 0 Å². The van der Waals surface area contributed by atoms with Crippen molar-refractivity contribution in [3.05, 3.63) is 35.6 Å². The first-order valence-electron chi connectivity index (χ1n) is 14.5. The van der Waals surface area contributed by atoms with Gasteiger partial charge in [-0.2, -0.15) is 0 Å². The summed E-state index contributed by atoms with van der Waals surface area (Å²) in [6.07, 6.45) is 26.2. The van der Waals surface area contributed by atoms with Crippen molar-refractivity contribution >= 4 is 0 Å². The van der Waals surface area contributed by atoms with Gasteiger partial charge in [0.2, 0.25) is 0 Å². The number of unbranched alkanes of at least 4 members (excludes halogenated alkanes) is 4. The van der Waals surface area contributed by atoms with E-state index < -0.39 is 0 Å². The maximum atomic E-state index is 13.7. The van der Waals surface area contributed by atoms with E-state index in [9.17, 15) is 4.39 Å². The zero-order chi connectivity index (χ0) is 22.2. The summed E-state index contributed by atoms with van der Waals surface area (Å²) in [5, 5.41) is 0. The summed E-state index contributed by atoms with van der Waals surface area (Å²) in [7, 11) is 0. The highest BCUT2D eigenvalue weighted by Crippen LogP contribution is 2.49. The van der Waals surface area contributed by atoms with Crippen LogP contribution in [-0.2, 0) is 0 Å². The highest BCUT2D eigenvalue weighted by Gasteiger charge is 2.36. The Balaban J connectivity index is 1.11. The molecule has 0 aliphatic heterocycles. The molecule has 0 heterocycles. The fraction of sp³-hybridized carbons (Fsp3) is 0.806. The molecule has 32 heavy (non-hydrogen) atoms. The number of rotatable bonds is 10. The minimum atomic E-state index is -0.0608. The molecule has 3 aliphatic rings. The molecule has 1 aromatic rings. The van der Waals surface area contributed by atoms with Crippen molar-refractivity contribution in [2.75, 3.05) is 0 Å². The molecule has 3 fully saturated rings. The molecule has 0 amide bonds. The fourth-order valence-electron chi connectivity index (χ4n) is 7.63. The topological polar surface area (TPSA) is 0 Å². The molecule has 3 aliphatic carbocycles. The van der Waals surface area contributed by atoms with E-state index in [1.54, 1.807) is 12.1 Å². The van der Waals surface area contributed by atoms with Crippen molar-refractivity contribution in [1.29, 1.82) is 0 Å². The van der Waals surface area contributed by atoms with Gasteiger partial charge in [-0.25, -0.2) is 4.39 Å². The molecule has 0 N–H and O–H groups in total. The minimum absolute atomic E-state index is 0.0608. The lowest BCUT2D eigenvalue weighted by molar-refractivity contribution is 0.108. The maximum Gasteiger partial charge on any atom is 0.123 e. The van der Waals surface area contributed by atoms with Gasteiger partial charge in [-0.05, 0) is 85.3 Å². The molecule has 0 nitrogen and oxygen atoms in total. The summed E-state index contributed by atoms with van der Waals surface area (Å²) in [6.45, 7) is 2.31. The van der Waals surface area contributed by atoms with E-state index in [-0.39, 0.29) is 5.82 Å². The van der Waals surface area contributed by atoms with Gasteiger partial charge in [0.15, 0.2) is 0 Å². The van der Waals surface area contributed by atoms with E-state index in [4.69, 9.17) is 0 Å². The molecular formula is C31H49F. The van der Waals surface area contributed by atoms with Gasteiger partial charge in [-0.15, -0.1) is 0 Å². The number of hydrogen-bond acceptors (Lipinski definition) is 0. The van der Waals surface area contributed by atoms with Crippen LogP contribution in [0.25, 0.3) is 0 Å². The van der Waals surface area contributed by atoms with Crippen molar-refractivity contribution < 1.29 is 4.39 Å². The third kappa shape index (κ3) is 7.07. The van der Waals surface area contributed by atoms with Gasteiger partial charge in [-0.3, -0.25) is 0 Å². The second-order valence-corrected chi connectivity index (χ2v) is 11.9. The van der Waals surface area contributed by atoms with E-state index in [1.807, 2.05) is 6.07 Å². The molecule has 1 aromatic carbocycles. The van der Waals surface area contributed by atoms with E-state index >= 15 is 0 Å². The van der Waals surface area contributed by atoms with Gasteiger partial charge in [-0.1, -0.05) is 103 Å². The molecule has 4 unspecified atom stereocenters. The van der Waals surface area contributed by atoms with Crippen molar-refractivity contribution in [3.63, 3.8) is 0 Å². The summed E-state index contributed by atoms with van der Waals surface area (Å²) < 4.78 is 13.7. The molecular weight excluding hydrogens is 391 g/mol. The highest BCUT2D eigenvalue weighted by molar-refractivity contribution is 5.21. The average Bonchev–Trinajstić information content (AvgIpc) is 2.83. The van der Waals surface area contributed by atoms with Crippen LogP contribution in [0.3, 0.4) is 0 Å². The lowest BCUT2D eigenvalue weighted by atomic mass is 9.63. The molecule has 0 aromatic heterocycles. The number of benzene rings is 1. The van der Waals surface area contributed by atoms with Crippen LogP contribution in [0, 0.1) is 35.4 Å². The summed E-state index contributed by atoms with van der Waals surface area (Å²) in [6, 6.07) is 7.43. The first-order valence-corrected chi connectivity index (χ1v) is 14.5. The zero-order valence-electron chi connectivity index (χ0n) is 20.9. The molecule has 1 heteroatoms. The van der Waals surface area contributed by atoms with Crippen LogP contribution < -0.4 is 0 Å². The molecule has 0 spiro atoms. The fourth-order valence-corrected chi connectivity index (χ4v) is 7.63. The molecule has 3 saturated carbocycles. The van der Waals surface area contributed by atoms with Crippen LogP contribution >= 0.6 is 0 Å². The van der Waals surface area contributed by atoms with Crippen LogP contribution in [0.5, 0.6) is 0 Å². The Morgan fingerprint density at radius 2 is 1.34 bits per heavy atom. The first-order chi connectivity index (χ1) is 15.7. The molecule has 180 valence electrons. The molecule has 4 rings (SSSR count). The standard InChI is InChI=1S/C31H49F/c1-2-3-4-5-6-8-24-11-13-25(14-12-24)15-16-26-17-18-29-22-30(20-19-28(29)21-26)27-9-7-10-31(32)23-27/h7,9-10,23-26,28-30H,2-6,8,11-22H2,1H3. The van der Waals surface area contributed by atoms with Gasteiger partial charge >= 0.3 is 0 Å². The van der Waals surface area contributed by atoms with Crippen molar-refractivity contribution in [2.24, 2.45) is 29.6 Å². The normalized spacial score (nSPS) is 33.1. The Morgan fingerprint density at radius 3 is 2.12 bits per heavy atom. The summed E-state index contributed by atoms with van der Waals surface area (Å²) in [4.78, 5) is 0. The average molecular weight is 441 g/mol. The number of fused-ring (bicyclic) bond motifs is 1. The van der Waals surface area contributed by atoms with Crippen LogP contribution in [0.2, 0.25) is 0 Å². The molecule has 0 radical (unpaired) electrons. The Hall–Kier alpha value is -0.850. The number of hydrogen-bond donors (Lipinski definition) is 0. The van der Waals surface area contributed by atoms with Gasteiger partial charge in [0.05, 0.1) is 0 Å². The summed E-state index contributed by atoms with van der Waals surface area (Å²) in [5.41, 5.74) is 1.25. The van der Waals surface area contributed by atoms with E-state index in [1.165, 1.54) is 121 Å². The Labute approximate surface area is 198 Å². The zero-order valence-corrected chi connectivity index (χ0v) is 20.9. The molecule has 4 atom stereocenters. The summed E-state index contributed by atoms with van der Waals surface area (Å²) >= 11 is 0. The quantitative estimate of drug-likeness (QED) is 0.317. The van der Waals surface area contributed by atoms with E-state index in [0.717, 1.165) is 29.6 Å². The van der Waals surface area contributed by atoms with Crippen LogP contribution in [-0.4, -0.2) is 0 Å². The molecule has 0 bridgehead atoms. The largest absolute Gasteiger partial charge is 0.207 e. The smallest absolute Gasteiger partial charge is 0.123 e. The monoisotopic (exact) mass is 440 g/mol. The third-order valence-corrected chi connectivity index (χ3v) is 9.71. The van der Waals surface area contributed by atoms with E-state index in [0.29, 0.717) is 5.92 Å². The Morgan fingerprint density at radius 1 is 0.688 bits per heavy atom. The van der Waals surface area contributed by atoms with Gasteiger partial charge in [0.1, 0.15) is 5.82 Å². The van der Waals surface area contributed by atoms with Crippen molar-refractivity contribution in [3.8, 4) is 0 Å². The second-order valence-electron chi connectivity index (χ2n) is 11.9. The van der Waals surface area contributed by atoms with Crippen LogP contribution in [0.1, 0.15) is 134 Å². The first kappa shape index (κ1) is 24.3. The van der Waals surface area contributed by atoms with Gasteiger partial charge < -0.3 is 0 Å². The van der Waals surface area contributed by atoms with Crippen LogP contribution in [0.4, 0.5) is 4.39 Å². The second kappa shape index (κ2) is 12.6. The predicted molar refractivity (Wildman–Crippen MR) is 135 cm³/mol. The van der Waals surface area contributed by atoms with Gasteiger partial charge in [0, 0.05) is 0 Å². The maximum absolute atomic E-state index is 13.7. The predicted octanol–water partition coefficient (Wildman–Crippen LogP) is 10.1. The third-order valence-electron chi connectivity index (χ3n) is 9.71. The molecule has 0 saturated heterocycles. The minimum Gasteiger partial charge on any atom is -0.207 e. The van der Waals surface area contributed by atoms with Crippen molar-refractivity contribution in [2.45, 2.75) is 128 Å². The number of halogens is 1. The van der Waals surface area contributed by atoms with Gasteiger partial charge in [0.25, 0.3) is 0 Å². The van der Waals surface area contributed by atoms with Crippen LogP contribution in [0.15, 0.2) is 24.3 Å². The summed E-state index contributed by atoms with van der Waals surface area (Å²) in [5.74, 6) is 5.49. The van der Waals surface area contributed by atoms with E-state index in [2.05, 4.69) is 13.0 Å². The lowest BCUT2D eigenvalue weighted by Crippen LogP contribution is -2.30. The lowest BCUT2D eigenvalue weighted by Gasteiger charge is -2.42. The highest BCUT2D eigenvalue weighted by atomic mass is 19.1. The Kier molecular flexibility index (Phi) is 9.54. The Bertz CT molecular complexity index is 658. The SMILES string of the molecule is CCCCCCCC1CCC(CCC2CCC3CC(c4cccc(F)c4)CCC3C2)CC1.